The number of aromatic nitrogens is 2. The second-order valence-electron chi connectivity index (χ2n) is 6.43. The Balaban J connectivity index is 1.61. The normalized spacial score (nSPS) is 10.8. The van der Waals surface area contributed by atoms with Crippen molar-refractivity contribution in [3.63, 3.8) is 0 Å². The standard InChI is InChI=1S/C23H20N4O3/c1-16-11-17(2)27-23(26-16)25-14-19(13-24)22(28)29-15-18-7-6-10-21(12-18)30-20-8-4-3-5-9-20/h3-12,14H,15H2,1-2H3,(H,25,26,27). The van der Waals surface area contributed by atoms with Crippen LogP contribution in [0.5, 0.6) is 11.5 Å². The molecule has 0 fully saturated rings. The van der Waals surface area contributed by atoms with E-state index in [9.17, 15) is 10.1 Å². The third kappa shape index (κ3) is 5.91. The van der Waals surface area contributed by atoms with Crippen molar-refractivity contribution >= 4 is 11.9 Å². The monoisotopic (exact) mass is 400 g/mol. The lowest BCUT2D eigenvalue weighted by molar-refractivity contribution is -0.139. The van der Waals surface area contributed by atoms with Crippen molar-refractivity contribution in [2.75, 3.05) is 5.32 Å². The van der Waals surface area contributed by atoms with Crippen LogP contribution in [0.1, 0.15) is 17.0 Å². The van der Waals surface area contributed by atoms with Crippen molar-refractivity contribution in [1.82, 2.24) is 9.97 Å². The van der Waals surface area contributed by atoms with Gasteiger partial charge in [-0.15, -0.1) is 0 Å². The molecule has 0 atom stereocenters. The Kier molecular flexibility index (Phi) is 6.74. The SMILES string of the molecule is Cc1cc(C)nc(NC=C(C#N)C(=O)OCc2cccc(Oc3ccccc3)c2)n1. The Labute approximate surface area is 174 Å². The summed E-state index contributed by atoms with van der Waals surface area (Å²) >= 11 is 0. The highest BCUT2D eigenvalue weighted by atomic mass is 16.5. The lowest BCUT2D eigenvalue weighted by Gasteiger charge is -2.08. The summed E-state index contributed by atoms with van der Waals surface area (Å²) in [7, 11) is 0. The van der Waals surface area contributed by atoms with Crippen LogP contribution in [0.25, 0.3) is 0 Å². The first-order chi connectivity index (χ1) is 14.5. The van der Waals surface area contributed by atoms with Gasteiger partial charge in [-0.2, -0.15) is 5.26 Å². The molecule has 0 saturated carbocycles. The zero-order chi connectivity index (χ0) is 21.3. The molecule has 7 nitrogen and oxygen atoms in total. The Hall–Kier alpha value is -4.18. The smallest absolute Gasteiger partial charge is 0.350 e. The molecule has 0 aliphatic heterocycles. The van der Waals surface area contributed by atoms with Crippen LogP contribution in [0, 0.1) is 25.2 Å². The number of esters is 1. The molecule has 0 bridgehead atoms. The average Bonchev–Trinajstić information content (AvgIpc) is 2.73. The molecule has 0 aliphatic carbocycles. The predicted octanol–water partition coefficient (Wildman–Crippen LogP) is 4.45. The van der Waals surface area contributed by atoms with Gasteiger partial charge in [-0.25, -0.2) is 14.8 Å². The molecule has 0 amide bonds. The molecule has 2 aromatic carbocycles. The molecular formula is C23H20N4O3. The molecule has 3 aromatic rings. The number of ether oxygens (including phenoxy) is 2. The molecule has 1 N–H and O–H groups in total. The summed E-state index contributed by atoms with van der Waals surface area (Å²) < 4.78 is 11.0. The van der Waals surface area contributed by atoms with Crippen molar-refractivity contribution < 1.29 is 14.3 Å². The number of rotatable bonds is 7. The number of nitrogens with one attached hydrogen (secondary N) is 1. The van der Waals surface area contributed by atoms with E-state index in [-0.39, 0.29) is 12.2 Å². The molecule has 0 aliphatic rings. The Morgan fingerprint density at radius 1 is 1.03 bits per heavy atom. The molecule has 30 heavy (non-hydrogen) atoms. The second-order valence-corrected chi connectivity index (χ2v) is 6.43. The highest BCUT2D eigenvalue weighted by Gasteiger charge is 2.12. The molecule has 7 heteroatoms. The first kappa shape index (κ1) is 20.6. The van der Waals surface area contributed by atoms with Crippen LogP contribution in [0.2, 0.25) is 0 Å². The number of anilines is 1. The minimum Gasteiger partial charge on any atom is -0.457 e. The maximum absolute atomic E-state index is 12.3. The Bertz CT molecular complexity index is 1080. The first-order valence-electron chi connectivity index (χ1n) is 9.21. The molecule has 1 aromatic heterocycles. The van der Waals surface area contributed by atoms with Crippen LogP contribution in [-0.4, -0.2) is 15.9 Å². The molecule has 0 saturated heterocycles. The highest BCUT2D eigenvalue weighted by molar-refractivity contribution is 5.93. The molecule has 150 valence electrons. The fraction of sp³-hybridized carbons (Fsp3) is 0.130. The van der Waals surface area contributed by atoms with Crippen molar-refractivity contribution in [2.45, 2.75) is 20.5 Å². The van der Waals surface area contributed by atoms with Gasteiger partial charge in [-0.05, 0) is 49.7 Å². The van der Waals surface area contributed by atoms with Gasteiger partial charge in [-0.3, -0.25) is 0 Å². The summed E-state index contributed by atoms with van der Waals surface area (Å²) in [5.41, 5.74) is 2.10. The summed E-state index contributed by atoms with van der Waals surface area (Å²) in [6.07, 6.45) is 1.24. The van der Waals surface area contributed by atoms with E-state index in [0.29, 0.717) is 17.4 Å². The average molecular weight is 400 g/mol. The van der Waals surface area contributed by atoms with E-state index in [1.54, 1.807) is 12.1 Å². The minimum atomic E-state index is -0.747. The molecular weight excluding hydrogens is 380 g/mol. The number of carbonyl (C=O) groups is 1. The minimum absolute atomic E-state index is 0.00387. The fourth-order valence-corrected chi connectivity index (χ4v) is 2.61. The maximum Gasteiger partial charge on any atom is 0.350 e. The van der Waals surface area contributed by atoms with Gasteiger partial charge in [0.15, 0.2) is 5.57 Å². The van der Waals surface area contributed by atoms with Gasteiger partial charge in [0, 0.05) is 17.6 Å². The molecule has 0 radical (unpaired) electrons. The van der Waals surface area contributed by atoms with E-state index in [2.05, 4.69) is 15.3 Å². The zero-order valence-corrected chi connectivity index (χ0v) is 16.6. The predicted molar refractivity (Wildman–Crippen MR) is 112 cm³/mol. The third-order valence-electron chi connectivity index (χ3n) is 3.92. The van der Waals surface area contributed by atoms with Gasteiger partial charge in [0.05, 0.1) is 0 Å². The number of aryl methyl sites for hydroxylation is 2. The third-order valence-corrected chi connectivity index (χ3v) is 3.92. The molecule has 1 heterocycles. The second kappa shape index (κ2) is 9.85. The van der Waals surface area contributed by atoms with Gasteiger partial charge in [0.1, 0.15) is 24.2 Å². The maximum atomic E-state index is 12.3. The molecule has 3 rings (SSSR count). The molecule has 0 unspecified atom stereocenters. The highest BCUT2D eigenvalue weighted by Crippen LogP contribution is 2.22. The van der Waals surface area contributed by atoms with Crippen LogP contribution < -0.4 is 10.1 Å². The van der Waals surface area contributed by atoms with Gasteiger partial charge in [0.25, 0.3) is 0 Å². The Morgan fingerprint density at radius 3 is 2.43 bits per heavy atom. The summed E-state index contributed by atoms with van der Waals surface area (Å²) in [6.45, 7) is 3.67. The summed E-state index contributed by atoms with van der Waals surface area (Å²) in [6, 6.07) is 20.2. The van der Waals surface area contributed by atoms with Gasteiger partial charge >= 0.3 is 5.97 Å². The van der Waals surface area contributed by atoms with E-state index in [1.165, 1.54) is 6.20 Å². The lowest BCUT2D eigenvalue weighted by atomic mass is 10.2. The quantitative estimate of drug-likeness (QED) is 0.355. The Morgan fingerprint density at radius 2 is 1.73 bits per heavy atom. The largest absolute Gasteiger partial charge is 0.457 e. The van der Waals surface area contributed by atoms with Crippen LogP contribution in [0.15, 0.2) is 72.4 Å². The van der Waals surface area contributed by atoms with Crippen LogP contribution >= 0.6 is 0 Å². The number of benzene rings is 2. The number of nitriles is 1. The van der Waals surface area contributed by atoms with E-state index >= 15 is 0 Å². The van der Waals surface area contributed by atoms with Crippen LogP contribution in [0.3, 0.4) is 0 Å². The van der Waals surface area contributed by atoms with Crippen molar-refractivity contribution in [2.24, 2.45) is 0 Å². The number of hydrogen-bond acceptors (Lipinski definition) is 7. The number of nitrogens with zero attached hydrogens (tertiary/aromatic N) is 3. The lowest BCUT2D eigenvalue weighted by Crippen LogP contribution is -2.09. The molecule has 0 spiro atoms. The first-order valence-corrected chi connectivity index (χ1v) is 9.21. The van der Waals surface area contributed by atoms with E-state index in [0.717, 1.165) is 17.0 Å². The topological polar surface area (TPSA) is 97.1 Å². The van der Waals surface area contributed by atoms with Crippen LogP contribution in [0.4, 0.5) is 5.95 Å². The fourth-order valence-electron chi connectivity index (χ4n) is 2.61. The van der Waals surface area contributed by atoms with Crippen molar-refractivity contribution in [3.05, 3.63) is 89.4 Å². The summed E-state index contributed by atoms with van der Waals surface area (Å²) in [4.78, 5) is 20.6. The number of para-hydroxylation sites is 1. The van der Waals surface area contributed by atoms with Gasteiger partial charge < -0.3 is 14.8 Å². The van der Waals surface area contributed by atoms with Gasteiger partial charge in [-0.1, -0.05) is 30.3 Å². The van der Waals surface area contributed by atoms with Gasteiger partial charge in [0.2, 0.25) is 5.95 Å². The van der Waals surface area contributed by atoms with E-state index in [1.807, 2.05) is 68.4 Å². The zero-order valence-electron chi connectivity index (χ0n) is 16.6. The summed E-state index contributed by atoms with van der Waals surface area (Å²) in [5.74, 6) is 0.892. The number of carbonyl (C=O) groups excluding carboxylic acids is 1. The van der Waals surface area contributed by atoms with E-state index < -0.39 is 5.97 Å². The summed E-state index contributed by atoms with van der Waals surface area (Å²) in [5, 5.41) is 12.0. The van der Waals surface area contributed by atoms with E-state index in [4.69, 9.17) is 9.47 Å². The van der Waals surface area contributed by atoms with Crippen molar-refractivity contribution in [3.8, 4) is 17.6 Å². The number of hydrogen-bond donors (Lipinski definition) is 1. The van der Waals surface area contributed by atoms with Crippen LogP contribution in [-0.2, 0) is 16.1 Å². The van der Waals surface area contributed by atoms with Crippen molar-refractivity contribution in [1.29, 1.82) is 5.26 Å².